The van der Waals surface area contributed by atoms with Gasteiger partial charge in [-0.05, 0) is 82.3 Å². The molecular formula is C32H39N3O2. The first kappa shape index (κ1) is 26.5. The van der Waals surface area contributed by atoms with Crippen molar-refractivity contribution in [2.45, 2.75) is 65.8 Å². The molecular weight excluding hydrogens is 458 g/mol. The van der Waals surface area contributed by atoms with Crippen LogP contribution in [-0.4, -0.2) is 28.6 Å². The highest BCUT2D eigenvalue weighted by atomic mass is 16.5. The summed E-state index contributed by atoms with van der Waals surface area (Å²) in [5, 5.41) is 3.07. The highest BCUT2D eigenvalue weighted by Crippen LogP contribution is 2.19. The molecule has 0 fully saturated rings. The molecule has 0 bridgehead atoms. The van der Waals surface area contributed by atoms with Crippen LogP contribution in [0.25, 0.3) is 11.0 Å². The molecule has 5 nitrogen and oxygen atoms in total. The average Bonchev–Trinajstić information content (AvgIpc) is 3.24. The minimum atomic E-state index is 0.0191. The Hall–Kier alpha value is -3.60. The number of para-hydroxylation sites is 2. The van der Waals surface area contributed by atoms with Gasteiger partial charge in [-0.15, -0.1) is 0 Å². The molecule has 37 heavy (non-hydrogen) atoms. The van der Waals surface area contributed by atoms with Crippen molar-refractivity contribution < 1.29 is 9.53 Å². The third kappa shape index (κ3) is 7.45. The third-order valence-corrected chi connectivity index (χ3v) is 6.79. The number of fused-ring (bicyclic) bond motifs is 1. The summed E-state index contributed by atoms with van der Waals surface area (Å²) in [5.41, 5.74) is 6.48. The fourth-order valence-electron chi connectivity index (χ4n) is 4.71. The molecule has 4 rings (SSSR count). The number of hydrogen-bond donors (Lipinski definition) is 1. The van der Waals surface area contributed by atoms with Crippen LogP contribution in [0, 0.1) is 20.8 Å². The van der Waals surface area contributed by atoms with Gasteiger partial charge in [-0.3, -0.25) is 4.79 Å². The van der Waals surface area contributed by atoms with Crippen LogP contribution in [0.15, 0.2) is 66.7 Å². The molecule has 0 spiro atoms. The Bertz CT molecular complexity index is 1310. The number of nitrogens with zero attached hydrogens (tertiary/aromatic N) is 2. The monoisotopic (exact) mass is 497 g/mol. The van der Waals surface area contributed by atoms with Crippen molar-refractivity contribution in [2.24, 2.45) is 0 Å². The van der Waals surface area contributed by atoms with Crippen LogP contribution >= 0.6 is 0 Å². The summed E-state index contributed by atoms with van der Waals surface area (Å²) < 4.78 is 8.28. The van der Waals surface area contributed by atoms with Crippen LogP contribution in [0.1, 0.15) is 65.0 Å². The van der Waals surface area contributed by atoms with Crippen LogP contribution in [0.2, 0.25) is 0 Å². The molecule has 3 aromatic carbocycles. The Morgan fingerprint density at radius 2 is 1.65 bits per heavy atom. The lowest BCUT2D eigenvalue weighted by Gasteiger charge is -2.11. The van der Waals surface area contributed by atoms with Gasteiger partial charge in [0.15, 0.2) is 0 Å². The number of unbranched alkanes of at least 4 members (excludes halogenated alkanes) is 3. The van der Waals surface area contributed by atoms with E-state index in [0.29, 0.717) is 6.54 Å². The number of rotatable bonds is 13. The SMILES string of the molecule is Cc1ccc(OCCCCn2c(CCCCCNC(=O)c3ccc(C)cc3C)nc3ccccc32)cc1. The molecule has 1 amide bonds. The van der Waals surface area contributed by atoms with Crippen molar-refractivity contribution >= 4 is 16.9 Å². The van der Waals surface area contributed by atoms with Crippen molar-refractivity contribution in [1.82, 2.24) is 14.9 Å². The van der Waals surface area contributed by atoms with Gasteiger partial charge in [0.05, 0.1) is 17.6 Å². The first-order valence-electron chi connectivity index (χ1n) is 13.5. The van der Waals surface area contributed by atoms with Crippen LogP contribution in [0.3, 0.4) is 0 Å². The Labute approximate surface area is 220 Å². The summed E-state index contributed by atoms with van der Waals surface area (Å²) >= 11 is 0. The minimum absolute atomic E-state index is 0.0191. The van der Waals surface area contributed by atoms with Crippen LogP contribution in [-0.2, 0) is 13.0 Å². The van der Waals surface area contributed by atoms with Gasteiger partial charge in [0, 0.05) is 25.1 Å². The molecule has 0 saturated carbocycles. The van der Waals surface area contributed by atoms with Crippen molar-refractivity contribution in [3.63, 3.8) is 0 Å². The molecule has 0 atom stereocenters. The van der Waals surface area contributed by atoms with E-state index in [2.05, 4.69) is 59.3 Å². The maximum absolute atomic E-state index is 12.5. The number of carbonyl (C=O) groups is 1. The summed E-state index contributed by atoms with van der Waals surface area (Å²) in [6.45, 7) is 8.48. The van der Waals surface area contributed by atoms with E-state index in [1.807, 2.05) is 38.1 Å². The van der Waals surface area contributed by atoms with Gasteiger partial charge in [-0.2, -0.15) is 0 Å². The smallest absolute Gasteiger partial charge is 0.251 e. The molecule has 194 valence electrons. The number of imidazole rings is 1. The summed E-state index contributed by atoms with van der Waals surface area (Å²) in [4.78, 5) is 17.4. The van der Waals surface area contributed by atoms with E-state index in [1.165, 1.54) is 16.6 Å². The molecule has 5 heteroatoms. The number of aromatic nitrogens is 2. The molecule has 0 aliphatic heterocycles. The summed E-state index contributed by atoms with van der Waals surface area (Å²) in [6, 6.07) is 22.6. The summed E-state index contributed by atoms with van der Waals surface area (Å²) in [6.07, 6.45) is 6.07. The second kappa shape index (κ2) is 13.1. The van der Waals surface area contributed by atoms with Crippen molar-refractivity contribution in [3.05, 3.63) is 94.8 Å². The predicted octanol–water partition coefficient (Wildman–Crippen LogP) is 6.96. The van der Waals surface area contributed by atoms with Gasteiger partial charge < -0.3 is 14.6 Å². The second-order valence-corrected chi connectivity index (χ2v) is 9.92. The number of carbonyl (C=O) groups excluding carboxylic acids is 1. The van der Waals surface area contributed by atoms with Crippen LogP contribution in [0.4, 0.5) is 0 Å². The van der Waals surface area contributed by atoms with Gasteiger partial charge in [0.1, 0.15) is 11.6 Å². The first-order chi connectivity index (χ1) is 18.0. The summed E-state index contributed by atoms with van der Waals surface area (Å²) in [7, 11) is 0. The van der Waals surface area contributed by atoms with E-state index < -0.39 is 0 Å². The molecule has 4 aromatic rings. The van der Waals surface area contributed by atoms with Gasteiger partial charge in [-0.25, -0.2) is 4.98 Å². The maximum atomic E-state index is 12.5. The average molecular weight is 498 g/mol. The van der Waals surface area contributed by atoms with Crippen LogP contribution < -0.4 is 10.1 Å². The molecule has 1 aromatic heterocycles. The van der Waals surface area contributed by atoms with Crippen molar-refractivity contribution in [1.29, 1.82) is 0 Å². The fourth-order valence-corrected chi connectivity index (χ4v) is 4.71. The third-order valence-electron chi connectivity index (χ3n) is 6.79. The van der Waals surface area contributed by atoms with E-state index in [-0.39, 0.29) is 5.91 Å². The zero-order valence-corrected chi connectivity index (χ0v) is 22.4. The predicted molar refractivity (Wildman–Crippen MR) is 151 cm³/mol. The lowest BCUT2D eigenvalue weighted by atomic mass is 10.1. The van der Waals surface area contributed by atoms with Crippen LogP contribution in [0.5, 0.6) is 5.75 Å². The number of nitrogens with one attached hydrogen (secondary N) is 1. The quantitative estimate of drug-likeness (QED) is 0.203. The van der Waals surface area contributed by atoms with E-state index >= 15 is 0 Å². The molecule has 1 N–H and O–H groups in total. The lowest BCUT2D eigenvalue weighted by molar-refractivity contribution is 0.0952. The van der Waals surface area contributed by atoms with Gasteiger partial charge in [-0.1, -0.05) is 53.9 Å². The number of benzene rings is 3. The van der Waals surface area contributed by atoms with E-state index in [4.69, 9.17) is 9.72 Å². The number of ether oxygens (including phenoxy) is 1. The molecule has 0 saturated heterocycles. The normalized spacial score (nSPS) is 11.1. The second-order valence-electron chi connectivity index (χ2n) is 9.92. The standard InChI is InChI=1S/C32H39N3O2/c1-24-14-17-27(18-15-24)37-22-10-9-21-35-30-12-7-6-11-29(30)34-31(35)13-5-4-8-20-33-32(36)28-19-16-25(2)23-26(28)3/h6-7,11-12,14-19,23H,4-5,8-10,13,20-22H2,1-3H3,(H,33,36). The van der Waals surface area contributed by atoms with E-state index in [0.717, 1.165) is 79.9 Å². The van der Waals surface area contributed by atoms with Crippen molar-refractivity contribution in [3.8, 4) is 5.75 Å². The lowest BCUT2D eigenvalue weighted by Crippen LogP contribution is -2.25. The number of amides is 1. The largest absolute Gasteiger partial charge is 0.494 e. The van der Waals surface area contributed by atoms with Gasteiger partial charge >= 0.3 is 0 Å². The molecule has 0 aliphatic rings. The van der Waals surface area contributed by atoms with Gasteiger partial charge in [0.25, 0.3) is 5.91 Å². The number of aryl methyl sites for hydroxylation is 5. The number of hydrogen-bond acceptors (Lipinski definition) is 3. The minimum Gasteiger partial charge on any atom is -0.494 e. The Morgan fingerprint density at radius 1 is 0.865 bits per heavy atom. The summed E-state index contributed by atoms with van der Waals surface area (Å²) in [5.74, 6) is 2.11. The van der Waals surface area contributed by atoms with Crippen molar-refractivity contribution in [2.75, 3.05) is 13.2 Å². The Kier molecular flexibility index (Phi) is 9.36. The van der Waals surface area contributed by atoms with Gasteiger partial charge in [0.2, 0.25) is 0 Å². The zero-order valence-electron chi connectivity index (χ0n) is 22.4. The fraction of sp³-hybridized carbons (Fsp3) is 0.375. The first-order valence-corrected chi connectivity index (χ1v) is 13.5. The highest BCUT2D eigenvalue weighted by molar-refractivity contribution is 5.95. The topological polar surface area (TPSA) is 56.1 Å². The van der Waals surface area contributed by atoms with E-state index in [9.17, 15) is 4.79 Å². The van der Waals surface area contributed by atoms with E-state index in [1.54, 1.807) is 0 Å². The molecule has 0 aliphatic carbocycles. The maximum Gasteiger partial charge on any atom is 0.251 e. The molecule has 0 radical (unpaired) electrons. The Balaban J connectivity index is 1.22. The zero-order chi connectivity index (χ0) is 26.0. The molecule has 0 unspecified atom stereocenters. The molecule has 1 heterocycles. The Morgan fingerprint density at radius 3 is 2.46 bits per heavy atom. The highest BCUT2D eigenvalue weighted by Gasteiger charge is 2.11.